The van der Waals surface area contributed by atoms with Gasteiger partial charge in [0.1, 0.15) is 10.8 Å². The maximum absolute atomic E-state index is 12.4. The van der Waals surface area contributed by atoms with Crippen LogP contribution in [0.5, 0.6) is 0 Å². The molecule has 0 aliphatic heterocycles. The molecular weight excluding hydrogens is 415 g/mol. The number of nitro benzene ring substituents is 1. The molecule has 9 heteroatoms. The normalized spacial score (nSPS) is 10.7. The van der Waals surface area contributed by atoms with Crippen LogP contribution in [0.1, 0.15) is 16.1 Å². The highest BCUT2D eigenvalue weighted by molar-refractivity contribution is 6.42. The number of anilines is 1. The number of aryl methyl sites for hydroxylation is 1. The van der Waals surface area contributed by atoms with E-state index in [4.69, 9.17) is 39.2 Å². The highest BCUT2D eigenvalue weighted by Gasteiger charge is 2.18. The number of nitro groups is 1. The van der Waals surface area contributed by atoms with Gasteiger partial charge in [-0.15, -0.1) is 0 Å². The van der Waals surface area contributed by atoms with Crippen LogP contribution in [0.25, 0.3) is 11.3 Å². The smallest absolute Gasteiger partial charge is 0.291 e. The number of nitrogens with zero attached hydrogens (tertiary/aromatic N) is 1. The second-order valence-corrected chi connectivity index (χ2v) is 6.84. The van der Waals surface area contributed by atoms with Crippen LogP contribution in [0.3, 0.4) is 0 Å². The molecule has 0 saturated carbocycles. The summed E-state index contributed by atoms with van der Waals surface area (Å²) in [5, 5.41) is 14.3. The standard InChI is InChI=1S/C18H11Cl3N2O4/c1-9-6-15(23(25)26)13(21)8-14(9)22-18(24)17-5-4-16(27-17)10-2-3-11(19)12(20)7-10/h2-8H,1H3,(H,22,24). The minimum Gasteiger partial charge on any atom is -0.451 e. The van der Waals surface area contributed by atoms with E-state index in [2.05, 4.69) is 5.32 Å². The number of carbonyl (C=O) groups is 1. The Hall–Kier alpha value is -2.54. The second-order valence-electron chi connectivity index (χ2n) is 5.62. The van der Waals surface area contributed by atoms with Gasteiger partial charge in [-0.3, -0.25) is 14.9 Å². The Labute approximate surface area is 168 Å². The van der Waals surface area contributed by atoms with Gasteiger partial charge in [-0.05, 0) is 48.9 Å². The highest BCUT2D eigenvalue weighted by atomic mass is 35.5. The van der Waals surface area contributed by atoms with Crippen molar-refractivity contribution in [1.82, 2.24) is 0 Å². The first-order valence-electron chi connectivity index (χ1n) is 7.57. The fraction of sp³-hybridized carbons (Fsp3) is 0.0556. The fourth-order valence-electron chi connectivity index (χ4n) is 2.39. The molecule has 1 aromatic heterocycles. The van der Waals surface area contributed by atoms with Crippen LogP contribution in [0.2, 0.25) is 15.1 Å². The summed E-state index contributed by atoms with van der Waals surface area (Å²) in [6, 6.07) is 10.7. The summed E-state index contributed by atoms with van der Waals surface area (Å²) in [5.41, 5.74) is 1.28. The summed E-state index contributed by atoms with van der Waals surface area (Å²) in [6.07, 6.45) is 0. The zero-order valence-electron chi connectivity index (χ0n) is 13.8. The van der Waals surface area contributed by atoms with Crippen molar-refractivity contribution in [1.29, 1.82) is 0 Å². The molecule has 0 saturated heterocycles. The number of rotatable bonds is 4. The van der Waals surface area contributed by atoms with Crippen molar-refractivity contribution in [3.63, 3.8) is 0 Å². The van der Waals surface area contributed by atoms with Crippen molar-refractivity contribution >= 4 is 52.1 Å². The molecule has 0 aliphatic rings. The van der Waals surface area contributed by atoms with Gasteiger partial charge in [-0.1, -0.05) is 34.8 Å². The van der Waals surface area contributed by atoms with E-state index in [1.54, 1.807) is 31.2 Å². The number of hydrogen-bond acceptors (Lipinski definition) is 4. The summed E-state index contributed by atoms with van der Waals surface area (Å²) in [5.74, 6) is -0.0172. The lowest BCUT2D eigenvalue weighted by Gasteiger charge is -2.08. The lowest BCUT2D eigenvalue weighted by atomic mass is 10.1. The Morgan fingerprint density at radius 2 is 1.78 bits per heavy atom. The van der Waals surface area contributed by atoms with Crippen molar-refractivity contribution in [2.75, 3.05) is 5.32 Å². The Kier molecular flexibility index (Phi) is 5.41. The molecular formula is C18H11Cl3N2O4. The molecule has 0 spiro atoms. The fourth-order valence-corrected chi connectivity index (χ4v) is 2.92. The van der Waals surface area contributed by atoms with Crippen molar-refractivity contribution in [2.45, 2.75) is 6.92 Å². The molecule has 1 amide bonds. The number of hydrogen-bond donors (Lipinski definition) is 1. The first kappa shape index (κ1) is 19.2. The van der Waals surface area contributed by atoms with Crippen molar-refractivity contribution in [2.24, 2.45) is 0 Å². The molecule has 2 aromatic carbocycles. The maximum Gasteiger partial charge on any atom is 0.291 e. The van der Waals surface area contributed by atoms with Crippen molar-refractivity contribution in [3.8, 4) is 11.3 Å². The highest BCUT2D eigenvalue weighted by Crippen LogP contribution is 2.32. The van der Waals surface area contributed by atoms with Gasteiger partial charge in [0.05, 0.1) is 15.0 Å². The predicted octanol–water partition coefficient (Wildman–Crippen LogP) is 6.38. The second kappa shape index (κ2) is 7.60. The van der Waals surface area contributed by atoms with Gasteiger partial charge in [-0.25, -0.2) is 0 Å². The van der Waals surface area contributed by atoms with E-state index in [1.807, 2.05) is 0 Å². The zero-order valence-corrected chi connectivity index (χ0v) is 16.0. The largest absolute Gasteiger partial charge is 0.451 e. The quantitative estimate of drug-likeness (QED) is 0.388. The third-order valence-electron chi connectivity index (χ3n) is 3.77. The third kappa shape index (κ3) is 4.08. The molecule has 1 heterocycles. The van der Waals surface area contributed by atoms with Crippen LogP contribution in [-0.2, 0) is 0 Å². The summed E-state index contributed by atoms with van der Waals surface area (Å²) >= 11 is 17.8. The van der Waals surface area contributed by atoms with Gasteiger partial charge in [0.25, 0.3) is 11.6 Å². The summed E-state index contributed by atoms with van der Waals surface area (Å²) in [7, 11) is 0. The number of furan rings is 1. The van der Waals surface area contributed by atoms with E-state index < -0.39 is 10.8 Å². The molecule has 0 atom stereocenters. The van der Waals surface area contributed by atoms with Crippen LogP contribution >= 0.6 is 34.8 Å². The Morgan fingerprint density at radius 3 is 2.44 bits per heavy atom. The lowest BCUT2D eigenvalue weighted by molar-refractivity contribution is -0.384. The van der Waals surface area contributed by atoms with Crippen molar-refractivity contribution < 1.29 is 14.1 Å². The predicted molar refractivity (Wildman–Crippen MR) is 105 cm³/mol. The van der Waals surface area contributed by atoms with E-state index in [-0.39, 0.29) is 16.5 Å². The van der Waals surface area contributed by atoms with E-state index in [0.29, 0.717) is 32.6 Å². The average Bonchev–Trinajstić information content (AvgIpc) is 3.10. The van der Waals surface area contributed by atoms with Crippen LogP contribution in [-0.4, -0.2) is 10.8 Å². The summed E-state index contributed by atoms with van der Waals surface area (Å²) in [6.45, 7) is 1.63. The Morgan fingerprint density at radius 1 is 1.04 bits per heavy atom. The van der Waals surface area contributed by atoms with Crippen LogP contribution < -0.4 is 5.32 Å². The van der Waals surface area contributed by atoms with Gasteiger partial charge in [0.15, 0.2) is 5.76 Å². The van der Waals surface area contributed by atoms with Gasteiger partial charge in [-0.2, -0.15) is 0 Å². The average molecular weight is 426 g/mol. The number of nitrogens with one attached hydrogen (secondary N) is 1. The van der Waals surface area contributed by atoms with E-state index in [9.17, 15) is 14.9 Å². The van der Waals surface area contributed by atoms with Crippen LogP contribution in [0.15, 0.2) is 46.9 Å². The summed E-state index contributed by atoms with van der Waals surface area (Å²) in [4.78, 5) is 22.8. The van der Waals surface area contributed by atoms with Crippen LogP contribution in [0, 0.1) is 17.0 Å². The lowest BCUT2D eigenvalue weighted by Crippen LogP contribution is -2.12. The zero-order chi connectivity index (χ0) is 19.7. The topological polar surface area (TPSA) is 85.4 Å². The first-order valence-corrected chi connectivity index (χ1v) is 8.71. The number of benzene rings is 2. The molecule has 0 unspecified atom stereocenters. The molecule has 27 heavy (non-hydrogen) atoms. The number of carbonyl (C=O) groups excluding carboxylic acids is 1. The summed E-state index contributed by atoms with van der Waals surface area (Å²) < 4.78 is 5.58. The number of amides is 1. The molecule has 0 fully saturated rings. The molecule has 6 nitrogen and oxygen atoms in total. The maximum atomic E-state index is 12.4. The molecule has 0 radical (unpaired) electrons. The first-order chi connectivity index (χ1) is 12.8. The van der Waals surface area contributed by atoms with E-state index in [1.165, 1.54) is 18.2 Å². The third-order valence-corrected chi connectivity index (χ3v) is 4.81. The van der Waals surface area contributed by atoms with Gasteiger partial charge in [0.2, 0.25) is 0 Å². The van der Waals surface area contributed by atoms with E-state index in [0.717, 1.165) is 0 Å². The molecule has 0 aliphatic carbocycles. The molecule has 0 bridgehead atoms. The van der Waals surface area contributed by atoms with Crippen LogP contribution in [0.4, 0.5) is 11.4 Å². The Bertz CT molecular complexity index is 1060. The molecule has 1 N–H and O–H groups in total. The van der Waals surface area contributed by atoms with Gasteiger partial charge >= 0.3 is 0 Å². The van der Waals surface area contributed by atoms with Crippen molar-refractivity contribution in [3.05, 3.63) is 79.0 Å². The SMILES string of the molecule is Cc1cc([N+](=O)[O-])c(Cl)cc1NC(=O)c1ccc(-c2ccc(Cl)c(Cl)c2)o1. The number of halogens is 3. The monoisotopic (exact) mass is 424 g/mol. The molecule has 3 rings (SSSR count). The van der Waals surface area contributed by atoms with Gasteiger partial charge < -0.3 is 9.73 Å². The molecule has 138 valence electrons. The van der Waals surface area contributed by atoms with Gasteiger partial charge in [0, 0.05) is 17.3 Å². The minimum absolute atomic E-state index is 0.0601. The minimum atomic E-state index is -0.586. The van der Waals surface area contributed by atoms with E-state index >= 15 is 0 Å². The molecule has 3 aromatic rings. The Balaban J connectivity index is 1.83.